The molecule has 0 spiro atoms. The normalized spacial score (nSPS) is 10.5. The van der Waals surface area contributed by atoms with E-state index in [1.807, 2.05) is 35.0 Å². The molecular formula is C15H13N3OS2. The Morgan fingerprint density at radius 1 is 1.24 bits per heavy atom. The molecule has 3 heterocycles. The van der Waals surface area contributed by atoms with Crippen molar-refractivity contribution in [2.75, 3.05) is 6.54 Å². The Morgan fingerprint density at radius 3 is 2.95 bits per heavy atom. The molecule has 3 rings (SSSR count). The lowest BCUT2D eigenvalue weighted by atomic mass is 10.2. The van der Waals surface area contributed by atoms with E-state index in [0.29, 0.717) is 6.54 Å². The minimum Gasteiger partial charge on any atom is -0.351 e. The van der Waals surface area contributed by atoms with Crippen LogP contribution in [0.3, 0.4) is 0 Å². The van der Waals surface area contributed by atoms with E-state index in [1.165, 1.54) is 11.3 Å². The van der Waals surface area contributed by atoms with Crippen molar-refractivity contribution >= 4 is 28.6 Å². The van der Waals surface area contributed by atoms with Crippen molar-refractivity contribution in [3.63, 3.8) is 0 Å². The SMILES string of the molecule is O=C(NCCc1nc(-c2cccnc2)cs1)c1cccs1. The summed E-state index contributed by atoms with van der Waals surface area (Å²) in [6.45, 7) is 0.594. The number of thiazole rings is 1. The van der Waals surface area contributed by atoms with Crippen LogP contribution in [0.5, 0.6) is 0 Å². The zero-order valence-electron chi connectivity index (χ0n) is 11.2. The first-order chi connectivity index (χ1) is 10.3. The molecule has 21 heavy (non-hydrogen) atoms. The molecule has 0 radical (unpaired) electrons. The fraction of sp³-hybridized carbons (Fsp3) is 0.133. The van der Waals surface area contributed by atoms with Crippen molar-refractivity contribution < 1.29 is 4.79 Å². The van der Waals surface area contributed by atoms with Crippen LogP contribution in [0, 0.1) is 0 Å². The monoisotopic (exact) mass is 315 g/mol. The lowest BCUT2D eigenvalue weighted by Gasteiger charge is -2.01. The van der Waals surface area contributed by atoms with Crippen LogP contribution in [0.1, 0.15) is 14.7 Å². The van der Waals surface area contributed by atoms with Crippen LogP contribution < -0.4 is 5.32 Å². The van der Waals surface area contributed by atoms with Crippen molar-refractivity contribution in [3.8, 4) is 11.3 Å². The van der Waals surface area contributed by atoms with Crippen LogP contribution in [0.25, 0.3) is 11.3 Å². The molecule has 0 fully saturated rings. The Kier molecular flexibility index (Phi) is 4.37. The number of hydrogen-bond donors (Lipinski definition) is 1. The van der Waals surface area contributed by atoms with Crippen LogP contribution in [0.15, 0.2) is 47.4 Å². The summed E-state index contributed by atoms with van der Waals surface area (Å²) in [5.74, 6) is -0.0194. The summed E-state index contributed by atoms with van der Waals surface area (Å²) in [5, 5.41) is 7.84. The third-order valence-electron chi connectivity index (χ3n) is 2.88. The molecule has 0 saturated carbocycles. The average Bonchev–Trinajstić information content (AvgIpc) is 3.20. The summed E-state index contributed by atoms with van der Waals surface area (Å²) in [5.41, 5.74) is 1.95. The van der Waals surface area contributed by atoms with E-state index in [1.54, 1.807) is 23.7 Å². The molecular weight excluding hydrogens is 302 g/mol. The highest BCUT2D eigenvalue weighted by Crippen LogP contribution is 2.20. The molecule has 106 valence electrons. The Balaban J connectivity index is 1.55. The van der Waals surface area contributed by atoms with E-state index in [0.717, 1.165) is 27.6 Å². The Hall–Kier alpha value is -2.05. The molecule has 0 bridgehead atoms. The molecule has 6 heteroatoms. The van der Waals surface area contributed by atoms with Gasteiger partial charge < -0.3 is 5.32 Å². The zero-order chi connectivity index (χ0) is 14.5. The van der Waals surface area contributed by atoms with Crippen LogP contribution in [-0.2, 0) is 6.42 Å². The fourth-order valence-corrected chi connectivity index (χ4v) is 3.30. The van der Waals surface area contributed by atoms with E-state index >= 15 is 0 Å². The fourth-order valence-electron chi connectivity index (χ4n) is 1.85. The van der Waals surface area contributed by atoms with Crippen molar-refractivity contribution in [1.82, 2.24) is 15.3 Å². The van der Waals surface area contributed by atoms with Crippen LogP contribution in [-0.4, -0.2) is 22.4 Å². The highest BCUT2D eigenvalue weighted by molar-refractivity contribution is 7.12. The summed E-state index contributed by atoms with van der Waals surface area (Å²) in [6.07, 6.45) is 4.29. The van der Waals surface area contributed by atoms with E-state index in [4.69, 9.17) is 0 Å². The van der Waals surface area contributed by atoms with Crippen LogP contribution in [0.2, 0.25) is 0 Å². The topological polar surface area (TPSA) is 54.9 Å². The third kappa shape index (κ3) is 3.53. The van der Waals surface area contributed by atoms with E-state index in [-0.39, 0.29) is 5.91 Å². The Bertz CT molecular complexity index is 708. The largest absolute Gasteiger partial charge is 0.351 e. The molecule has 0 aliphatic carbocycles. The number of amides is 1. The van der Waals surface area contributed by atoms with Crippen LogP contribution in [0.4, 0.5) is 0 Å². The van der Waals surface area contributed by atoms with Crippen molar-refractivity contribution in [3.05, 3.63) is 57.3 Å². The molecule has 0 unspecified atom stereocenters. The summed E-state index contributed by atoms with van der Waals surface area (Å²) in [4.78, 5) is 21.2. The summed E-state index contributed by atoms with van der Waals surface area (Å²) in [7, 11) is 0. The number of rotatable bonds is 5. The lowest BCUT2D eigenvalue weighted by Crippen LogP contribution is -2.24. The number of carbonyl (C=O) groups is 1. The minimum atomic E-state index is -0.0194. The number of pyridine rings is 1. The molecule has 3 aromatic heterocycles. The van der Waals surface area contributed by atoms with Crippen molar-refractivity contribution in [2.24, 2.45) is 0 Å². The van der Waals surface area contributed by atoms with Crippen molar-refractivity contribution in [2.45, 2.75) is 6.42 Å². The van der Waals surface area contributed by atoms with Crippen molar-refractivity contribution in [1.29, 1.82) is 0 Å². The zero-order valence-corrected chi connectivity index (χ0v) is 12.8. The third-order valence-corrected chi connectivity index (χ3v) is 4.66. The number of nitrogens with zero attached hydrogens (tertiary/aromatic N) is 2. The van der Waals surface area contributed by atoms with Crippen LogP contribution >= 0.6 is 22.7 Å². The van der Waals surface area contributed by atoms with Gasteiger partial charge in [-0.3, -0.25) is 9.78 Å². The minimum absolute atomic E-state index is 0.0194. The predicted molar refractivity (Wildman–Crippen MR) is 85.7 cm³/mol. The van der Waals surface area contributed by atoms with Gasteiger partial charge in [-0.25, -0.2) is 4.98 Å². The maximum atomic E-state index is 11.8. The second-order valence-electron chi connectivity index (χ2n) is 4.35. The quantitative estimate of drug-likeness (QED) is 0.786. The maximum Gasteiger partial charge on any atom is 0.261 e. The van der Waals surface area contributed by atoms with Gasteiger partial charge in [-0.2, -0.15) is 0 Å². The molecule has 0 aliphatic rings. The summed E-state index contributed by atoms with van der Waals surface area (Å²) >= 11 is 3.05. The van der Waals surface area contributed by atoms with E-state index < -0.39 is 0 Å². The molecule has 0 aliphatic heterocycles. The first-order valence-electron chi connectivity index (χ1n) is 6.49. The van der Waals surface area contributed by atoms with Gasteiger partial charge in [-0.1, -0.05) is 6.07 Å². The number of hydrogen-bond acceptors (Lipinski definition) is 5. The Labute approximate surface area is 130 Å². The van der Waals surface area contributed by atoms with Gasteiger partial charge in [0, 0.05) is 36.3 Å². The number of aromatic nitrogens is 2. The van der Waals surface area contributed by atoms with E-state index in [2.05, 4.69) is 15.3 Å². The molecule has 3 aromatic rings. The summed E-state index contributed by atoms with van der Waals surface area (Å²) in [6, 6.07) is 7.59. The maximum absolute atomic E-state index is 11.8. The van der Waals surface area contributed by atoms with Gasteiger partial charge in [0.1, 0.15) is 0 Å². The second kappa shape index (κ2) is 6.60. The van der Waals surface area contributed by atoms with Gasteiger partial charge in [0.2, 0.25) is 0 Å². The molecule has 0 saturated heterocycles. The smallest absolute Gasteiger partial charge is 0.261 e. The first kappa shape index (κ1) is 13.9. The lowest BCUT2D eigenvalue weighted by molar-refractivity contribution is 0.0958. The second-order valence-corrected chi connectivity index (χ2v) is 6.24. The first-order valence-corrected chi connectivity index (χ1v) is 8.25. The number of thiophene rings is 1. The number of carbonyl (C=O) groups excluding carboxylic acids is 1. The summed E-state index contributed by atoms with van der Waals surface area (Å²) < 4.78 is 0. The predicted octanol–water partition coefficient (Wildman–Crippen LogP) is 3.24. The molecule has 4 nitrogen and oxygen atoms in total. The standard InChI is InChI=1S/C15H13N3OS2/c19-15(13-4-2-8-20-13)17-7-5-14-18-12(10-21-14)11-3-1-6-16-9-11/h1-4,6,8-10H,5,7H2,(H,17,19). The highest BCUT2D eigenvalue weighted by Gasteiger charge is 2.07. The highest BCUT2D eigenvalue weighted by atomic mass is 32.1. The van der Waals surface area contributed by atoms with Gasteiger partial charge in [0.15, 0.2) is 0 Å². The van der Waals surface area contributed by atoms with Gasteiger partial charge in [-0.15, -0.1) is 22.7 Å². The van der Waals surface area contributed by atoms with Gasteiger partial charge >= 0.3 is 0 Å². The molecule has 1 N–H and O–H groups in total. The molecule has 0 aromatic carbocycles. The molecule has 0 atom stereocenters. The average molecular weight is 315 g/mol. The Morgan fingerprint density at radius 2 is 2.19 bits per heavy atom. The van der Waals surface area contributed by atoms with Gasteiger partial charge in [0.25, 0.3) is 5.91 Å². The van der Waals surface area contributed by atoms with Gasteiger partial charge in [0.05, 0.1) is 15.6 Å². The number of nitrogens with one attached hydrogen (secondary N) is 1. The van der Waals surface area contributed by atoms with Gasteiger partial charge in [-0.05, 0) is 23.6 Å². The molecule has 1 amide bonds. The van der Waals surface area contributed by atoms with E-state index in [9.17, 15) is 4.79 Å².